The van der Waals surface area contributed by atoms with Crippen molar-refractivity contribution in [2.24, 2.45) is 0 Å². The zero-order chi connectivity index (χ0) is 18.5. The van der Waals surface area contributed by atoms with Gasteiger partial charge in [-0.1, -0.05) is 23.7 Å². The lowest BCUT2D eigenvalue weighted by molar-refractivity contribution is -0.128. The fraction of sp³-hybridized carbons (Fsp3) is 0.263. The van der Waals surface area contributed by atoms with Crippen LogP contribution in [0.4, 0.5) is 5.69 Å². The van der Waals surface area contributed by atoms with Crippen molar-refractivity contribution in [3.8, 4) is 5.75 Å². The number of rotatable bonds is 5. The SMILES string of the molecule is CC(=O)N1C[C@H](C(=O)NCCSc2ccc(Cl)cc2)Oc2ccccc21. The van der Waals surface area contributed by atoms with Gasteiger partial charge in [-0.15, -0.1) is 11.8 Å². The minimum absolute atomic E-state index is 0.114. The molecule has 0 bridgehead atoms. The van der Waals surface area contributed by atoms with E-state index in [0.29, 0.717) is 23.0 Å². The topological polar surface area (TPSA) is 58.6 Å². The standard InChI is InChI=1S/C19H19ClN2O3S/c1-13(23)22-12-18(25-17-5-3-2-4-16(17)22)19(24)21-10-11-26-15-8-6-14(20)7-9-15/h2-9,18H,10-12H2,1H3,(H,21,24)/t18-/m1/s1. The molecule has 2 amide bonds. The number of ether oxygens (including phenoxy) is 1. The molecule has 1 aliphatic heterocycles. The summed E-state index contributed by atoms with van der Waals surface area (Å²) in [6.07, 6.45) is -0.714. The van der Waals surface area contributed by atoms with E-state index < -0.39 is 6.10 Å². The number of amides is 2. The molecule has 1 heterocycles. The van der Waals surface area contributed by atoms with Crippen molar-refractivity contribution in [2.75, 3.05) is 23.7 Å². The molecule has 136 valence electrons. The number of fused-ring (bicyclic) bond motifs is 1. The fourth-order valence-corrected chi connectivity index (χ4v) is 3.55. The number of benzene rings is 2. The summed E-state index contributed by atoms with van der Waals surface area (Å²) in [5, 5.41) is 3.58. The summed E-state index contributed by atoms with van der Waals surface area (Å²) in [5.74, 6) is 0.941. The third kappa shape index (κ3) is 4.51. The van der Waals surface area contributed by atoms with Crippen LogP contribution in [0.1, 0.15) is 6.92 Å². The fourth-order valence-electron chi connectivity index (χ4n) is 2.66. The lowest BCUT2D eigenvalue weighted by atomic mass is 10.1. The van der Waals surface area contributed by atoms with Crippen LogP contribution in [0.15, 0.2) is 53.4 Å². The van der Waals surface area contributed by atoms with Crippen LogP contribution in [-0.4, -0.2) is 36.8 Å². The molecule has 3 rings (SSSR count). The molecule has 7 heteroatoms. The highest BCUT2D eigenvalue weighted by Gasteiger charge is 2.32. The molecule has 1 atom stereocenters. The number of nitrogens with one attached hydrogen (secondary N) is 1. The van der Waals surface area contributed by atoms with E-state index in [1.165, 1.54) is 6.92 Å². The molecular formula is C19H19ClN2O3S. The summed E-state index contributed by atoms with van der Waals surface area (Å²) < 4.78 is 5.78. The van der Waals surface area contributed by atoms with Gasteiger partial charge in [0.15, 0.2) is 6.10 Å². The van der Waals surface area contributed by atoms with E-state index in [1.807, 2.05) is 42.5 Å². The van der Waals surface area contributed by atoms with Gasteiger partial charge in [0, 0.05) is 29.1 Å². The minimum atomic E-state index is -0.714. The second-order valence-corrected chi connectivity index (χ2v) is 7.40. The van der Waals surface area contributed by atoms with Crippen molar-refractivity contribution in [1.82, 2.24) is 5.32 Å². The van der Waals surface area contributed by atoms with Crippen LogP contribution in [0.5, 0.6) is 5.75 Å². The molecule has 0 radical (unpaired) electrons. The predicted molar refractivity (Wildman–Crippen MR) is 104 cm³/mol. The lowest BCUT2D eigenvalue weighted by Gasteiger charge is -2.33. The van der Waals surface area contributed by atoms with Crippen LogP contribution in [-0.2, 0) is 9.59 Å². The van der Waals surface area contributed by atoms with Gasteiger partial charge in [-0.25, -0.2) is 0 Å². The van der Waals surface area contributed by atoms with E-state index in [4.69, 9.17) is 16.3 Å². The van der Waals surface area contributed by atoms with E-state index in [0.717, 1.165) is 10.6 Å². The number of para-hydroxylation sites is 2. The molecule has 2 aromatic carbocycles. The first-order chi connectivity index (χ1) is 12.5. The Morgan fingerprint density at radius 1 is 1.23 bits per heavy atom. The maximum Gasteiger partial charge on any atom is 0.263 e. The first kappa shape index (κ1) is 18.6. The van der Waals surface area contributed by atoms with Crippen LogP contribution in [0, 0.1) is 0 Å². The number of hydrogen-bond acceptors (Lipinski definition) is 4. The molecule has 0 saturated carbocycles. The van der Waals surface area contributed by atoms with Crippen molar-refractivity contribution in [2.45, 2.75) is 17.9 Å². The molecule has 26 heavy (non-hydrogen) atoms. The van der Waals surface area contributed by atoms with Crippen molar-refractivity contribution >= 4 is 40.9 Å². The Labute approximate surface area is 161 Å². The maximum atomic E-state index is 12.4. The monoisotopic (exact) mass is 390 g/mol. The molecule has 0 aromatic heterocycles. The third-order valence-electron chi connectivity index (χ3n) is 3.93. The molecule has 1 N–H and O–H groups in total. The van der Waals surface area contributed by atoms with Crippen LogP contribution in [0.3, 0.4) is 0 Å². The van der Waals surface area contributed by atoms with Gasteiger partial charge in [-0.2, -0.15) is 0 Å². The van der Waals surface area contributed by atoms with Gasteiger partial charge < -0.3 is 15.0 Å². The van der Waals surface area contributed by atoms with Gasteiger partial charge in [-0.05, 0) is 36.4 Å². The number of anilines is 1. The van der Waals surface area contributed by atoms with Crippen LogP contribution < -0.4 is 15.0 Å². The Morgan fingerprint density at radius 2 is 1.96 bits per heavy atom. The zero-order valence-electron chi connectivity index (χ0n) is 14.3. The second-order valence-electron chi connectivity index (χ2n) is 5.80. The van der Waals surface area contributed by atoms with Gasteiger partial charge in [0.05, 0.1) is 12.2 Å². The number of nitrogens with zero attached hydrogens (tertiary/aromatic N) is 1. The molecule has 0 aliphatic carbocycles. The molecule has 5 nitrogen and oxygen atoms in total. The van der Waals surface area contributed by atoms with Crippen LogP contribution in [0.2, 0.25) is 5.02 Å². The number of halogens is 1. The summed E-state index contributed by atoms with van der Waals surface area (Å²) in [6.45, 7) is 2.20. The van der Waals surface area contributed by atoms with E-state index >= 15 is 0 Å². The average Bonchev–Trinajstić information content (AvgIpc) is 2.65. The van der Waals surface area contributed by atoms with E-state index in [1.54, 1.807) is 22.7 Å². The van der Waals surface area contributed by atoms with Crippen LogP contribution in [0.25, 0.3) is 0 Å². The second kappa shape index (κ2) is 8.47. The summed E-state index contributed by atoms with van der Waals surface area (Å²) >= 11 is 7.50. The molecule has 2 aromatic rings. The highest BCUT2D eigenvalue weighted by Crippen LogP contribution is 2.33. The average molecular weight is 391 g/mol. The number of hydrogen-bond donors (Lipinski definition) is 1. The van der Waals surface area contributed by atoms with Crippen molar-refractivity contribution < 1.29 is 14.3 Å². The van der Waals surface area contributed by atoms with Gasteiger partial charge in [0.1, 0.15) is 5.75 Å². The largest absolute Gasteiger partial charge is 0.477 e. The Bertz CT molecular complexity index is 798. The maximum absolute atomic E-state index is 12.4. The van der Waals surface area contributed by atoms with Crippen molar-refractivity contribution in [3.05, 3.63) is 53.6 Å². The Balaban J connectivity index is 1.53. The summed E-state index contributed by atoms with van der Waals surface area (Å²) in [6, 6.07) is 14.8. The van der Waals surface area contributed by atoms with Crippen molar-refractivity contribution in [1.29, 1.82) is 0 Å². The smallest absolute Gasteiger partial charge is 0.263 e. The predicted octanol–water partition coefficient (Wildman–Crippen LogP) is 3.36. The molecular weight excluding hydrogens is 372 g/mol. The van der Waals surface area contributed by atoms with Gasteiger partial charge >= 0.3 is 0 Å². The summed E-state index contributed by atoms with van der Waals surface area (Å²) in [4.78, 5) is 27.0. The Kier molecular flexibility index (Phi) is 6.06. The molecule has 1 aliphatic rings. The van der Waals surface area contributed by atoms with E-state index in [9.17, 15) is 9.59 Å². The normalized spacial score (nSPS) is 15.8. The quantitative estimate of drug-likeness (QED) is 0.628. The molecule has 0 saturated heterocycles. The summed E-state index contributed by atoms with van der Waals surface area (Å²) in [7, 11) is 0. The van der Waals surface area contributed by atoms with Gasteiger partial charge in [-0.3, -0.25) is 9.59 Å². The Morgan fingerprint density at radius 3 is 2.69 bits per heavy atom. The zero-order valence-corrected chi connectivity index (χ0v) is 15.8. The highest BCUT2D eigenvalue weighted by atomic mass is 35.5. The van der Waals surface area contributed by atoms with Crippen LogP contribution >= 0.6 is 23.4 Å². The molecule has 0 fully saturated rings. The van der Waals surface area contributed by atoms with E-state index in [-0.39, 0.29) is 18.4 Å². The number of carbonyl (C=O) groups excluding carboxylic acids is 2. The lowest BCUT2D eigenvalue weighted by Crippen LogP contribution is -2.50. The van der Waals surface area contributed by atoms with E-state index in [2.05, 4.69) is 5.32 Å². The van der Waals surface area contributed by atoms with Crippen molar-refractivity contribution in [3.63, 3.8) is 0 Å². The number of thioether (sulfide) groups is 1. The van der Waals surface area contributed by atoms with Gasteiger partial charge in [0.25, 0.3) is 5.91 Å². The first-order valence-electron chi connectivity index (χ1n) is 8.24. The Hall–Kier alpha value is -2.18. The summed E-state index contributed by atoms with van der Waals surface area (Å²) in [5.41, 5.74) is 0.697. The number of carbonyl (C=O) groups is 2. The molecule has 0 unspecified atom stereocenters. The molecule has 0 spiro atoms. The highest BCUT2D eigenvalue weighted by molar-refractivity contribution is 7.99. The first-order valence-corrected chi connectivity index (χ1v) is 9.61. The third-order valence-corrected chi connectivity index (χ3v) is 5.20. The van der Waals surface area contributed by atoms with Gasteiger partial charge in [0.2, 0.25) is 5.91 Å². The minimum Gasteiger partial charge on any atom is -0.477 e.